The van der Waals surface area contributed by atoms with E-state index in [4.69, 9.17) is 13.9 Å². The molecule has 3 aromatic carbocycles. The number of hydrogen-bond acceptors (Lipinski definition) is 4. The fraction of sp³-hybridized carbons (Fsp3) is 0.207. The van der Waals surface area contributed by atoms with Gasteiger partial charge in [0.25, 0.3) is 0 Å². The van der Waals surface area contributed by atoms with Crippen molar-refractivity contribution < 1.29 is 18.7 Å². The van der Waals surface area contributed by atoms with E-state index in [1.165, 1.54) is 0 Å². The van der Waals surface area contributed by atoms with Crippen molar-refractivity contribution in [3.05, 3.63) is 119 Å². The summed E-state index contributed by atoms with van der Waals surface area (Å²) in [6, 6.07) is 29.1. The molecule has 0 spiro atoms. The average molecular weight is 441 g/mol. The van der Waals surface area contributed by atoms with Crippen LogP contribution in [0.15, 0.2) is 95.4 Å². The highest BCUT2D eigenvalue weighted by Crippen LogP contribution is 2.39. The van der Waals surface area contributed by atoms with E-state index in [-0.39, 0.29) is 5.78 Å². The number of benzene rings is 3. The normalized spacial score (nSPS) is 11.1. The lowest BCUT2D eigenvalue weighted by molar-refractivity contribution is -0.141. The molecule has 0 saturated heterocycles. The van der Waals surface area contributed by atoms with Crippen molar-refractivity contribution in [3.63, 3.8) is 0 Å². The molecule has 0 N–H and O–H groups in total. The first-order chi connectivity index (χ1) is 16.2. The fourth-order valence-corrected chi connectivity index (χ4v) is 3.92. The second kappa shape index (κ2) is 10.9. The van der Waals surface area contributed by atoms with Gasteiger partial charge in [-0.05, 0) is 19.4 Å². The lowest BCUT2D eigenvalue weighted by atomic mass is 9.94. The van der Waals surface area contributed by atoms with Gasteiger partial charge in [-0.2, -0.15) is 0 Å². The Bertz CT molecular complexity index is 1160. The van der Waals surface area contributed by atoms with Crippen molar-refractivity contribution in [2.45, 2.75) is 26.6 Å². The van der Waals surface area contributed by atoms with Crippen LogP contribution in [0.2, 0.25) is 0 Å². The van der Waals surface area contributed by atoms with Crippen LogP contribution in [0.3, 0.4) is 0 Å². The molecular formula is C29H28O4. The van der Waals surface area contributed by atoms with Gasteiger partial charge >= 0.3 is 0 Å². The number of carbonyl (C=O) groups is 1. The first kappa shape index (κ1) is 22.7. The third-order valence-corrected chi connectivity index (χ3v) is 5.40. The Kier molecular flexibility index (Phi) is 7.51. The maximum Gasteiger partial charge on any atom is 0.197 e. The first-order valence-electron chi connectivity index (χ1n) is 11.3. The number of ether oxygens (including phenoxy) is 2. The predicted octanol–water partition coefficient (Wildman–Crippen LogP) is 6.84. The van der Waals surface area contributed by atoms with E-state index in [0.717, 1.165) is 11.1 Å². The van der Waals surface area contributed by atoms with Gasteiger partial charge in [0.15, 0.2) is 12.1 Å². The summed E-state index contributed by atoms with van der Waals surface area (Å²) in [6.45, 7) is 4.72. The van der Waals surface area contributed by atoms with Crippen LogP contribution in [0.1, 0.15) is 52.9 Å². The molecule has 4 heteroatoms. The predicted molar refractivity (Wildman–Crippen MR) is 129 cm³/mol. The zero-order valence-corrected chi connectivity index (χ0v) is 19.0. The quantitative estimate of drug-likeness (QED) is 0.200. The molecule has 0 fully saturated rings. The number of carbonyl (C=O) groups excluding carboxylic acids is 1. The molecule has 0 aliphatic carbocycles. The van der Waals surface area contributed by atoms with E-state index in [2.05, 4.69) is 0 Å². The van der Waals surface area contributed by atoms with E-state index in [1.54, 1.807) is 0 Å². The van der Waals surface area contributed by atoms with Gasteiger partial charge in [0.1, 0.15) is 11.5 Å². The number of rotatable bonds is 10. The average Bonchev–Trinajstić information content (AvgIpc) is 3.24. The Hall–Kier alpha value is -3.47. The van der Waals surface area contributed by atoms with Crippen molar-refractivity contribution in [2.24, 2.45) is 0 Å². The summed E-state index contributed by atoms with van der Waals surface area (Å²) >= 11 is 0. The number of furan rings is 1. The summed E-state index contributed by atoms with van der Waals surface area (Å²) in [7, 11) is 0. The smallest absolute Gasteiger partial charge is 0.197 e. The van der Waals surface area contributed by atoms with Gasteiger partial charge in [0.2, 0.25) is 0 Å². The molecule has 0 unspecified atom stereocenters. The van der Waals surface area contributed by atoms with Crippen LogP contribution in [0.25, 0.3) is 11.3 Å². The number of hydrogen-bond donors (Lipinski definition) is 0. The van der Waals surface area contributed by atoms with Crippen LogP contribution in [0.5, 0.6) is 0 Å². The summed E-state index contributed by atoms with van der Waals surface area (Å²) in [5.74, 6) is 1.10. The molecule has 0 bridgehead atoms. The maximum atomic E-state index is 13.9. The van der Waals surface area contributed by atoms with Gasteiger partial charge in [0, 0.05) is 30.8 Å². The molecule has 4 rings (SSSR count). The van der Waals surface area contributed by atoms with Crippen molar-refractivity contribution in [3.8, 4) is 11.3 Å². The Balaban J connectivity index is 1.96. The molecule has 33 heavy (non-hydrogen) atoms. The molecule has 0 saturated carbocycles. The van der Waals surface area contributed by atoms with Gasteiger partial charge in [-0.1, -0.05) is 91.0 Å². The monoisotopic (exact) mass is 440 g/mol. The van der Waals surface area contributed by atoms with E-state index >= 15 is 0 Å². The highest BCUT2D eigenvalue weighted by molar-refractivity contribution is 6.13. The zero-order chi connectivity index (χ0) is 23.0. The van der Waals surface area contributed by atoms with Gasteiger partial charge < -0.3 is 13.9 Å². The summed E-state index contributed by atoms with van der Waals surface area (Å²) in [4.78, 5) is 13.9. The summed E-state index contributed by atoms with van der Waals surface area (Å²) in [5, 5.41) is 0. The van der Waals surface area contributed by atoms with Gasteiger partial charge in [0.05, 0.1) is 11.1 Å². The van der Waals surface area contributed by atoms with Crippen LogP contribution in [0.4, 0.5) is 0 Å². The van der Waals surface area contributed by atoms with E-state index in [1.807, 2.05) is 105 Å². The SMILES string of the molecule is CCOC(OCC)c1c(Cc2ccccc2)oc(-c2ccccc2)c1C(=O)c1ccccc1. The largest absolute Gasteiger partial charge is 0.459 e. The third-order valence-electron chi connectivity index (χ3n) is 5.40. The molecule has 0 radical (unpaired) electrons. The van der Waals surface area contributed by atoms with Crippen molar-refractivity contribution in [1.82, 2.24) is 0 Å². The van der Waals surface area contributed by atoms with Gasteiger partial charge in [-0.3, -0.25) is 4.79 Å². The van der Waals surface area contributed by atoms with Crippen LogP contribution in [-0.4, -0.2) is 19.0 Å². The molecule has 0 aliphatic rings. The van der Waals surface area contributed by atoms with Crippen molar-refractivity contribution >= 4 is 5.78 Å². The highest BCUT2D eigenvalue weighted by atomic mass is 16.7. The minimum atomic E-state index is -0.706. The van der Waals surface area contributed by atoms with E-state index in [0.29, 0.717) is 47.8 Å². The first-order valence-corrected chi connectivity index (χ1v) is 11.3. The van der Waals surface area contributed by atoms with Crippen LogP contribution in [-0.2, 0) is 15.9 Å². The lowest BCUT2D eigenvalue weighted by Crippen LogP contribution is -2.15. The minimum absolute atomic E-state index is 0.114. The molecule has 168 valence electrons. The standard InChI is InChI=1S/C29H28O4/c1-3-31-29(32-4-2)25-24(20-21-14-8-5-9-15-21)33-28(23-18-12-7-13-19-23)26(25)27(30)22-16-10-6-11-17-22/h5-19,29H,3-4,20H2,1-2H3. The van der Waals surface area contributed by atoms with Crippen LogP contribution < -0.4 is 0 Å². The van der Waals surface area contributed by atoms with Crippen LogP contribution >= 0.6 is 0 Å². The highest BCUT2D eigenvalue weighted by Gasteiger charge is 2.32. The summed E-state index contributed by atoms with van der Waals surface area (Å²) in [5.41, 5.74) is 3.66. The summed E-state index contributed by atoms with van der Waals surface area (Å²) in [6.07, 6.45) is -0.183. The number of ketones is 1. The molecule has 4 aromatic rings. The van der Waals surface area contributed by atoms with Gasteiger partial charge in [-0.15, -0.1) is 0 Å². The second-order valence-corrected chi connectivity index (χ2v) is 7.61. The van der Waals surface area contributed by atoms with Crippen molar-refractivity contribution in [2.75, 3.05) is 13.2 Å². The topological polar surface area (TPSA) is 48.7 Å². The third kappa shape index (κ3) is 5.14. The van der Waals surface area contributed by atoms with Crippen molar-refractivity contribution in [1.29, 1.82) is 0 Å². The molecule has 1 aromatic heterocycles. The Labute approximate surface area is 194 Å². The fourth-order valence-electron chi connectivity index (χ4n) is 3.92. The lowest BCUT2D eigenvalue weighted by Gasteiger charge is -2.19. The minimum Gasteiger partial charge on any atom is -0.459 e. The molecule has 0 aliphatic heterocycles. The second-order valence-electron chi connectivity index (χ2n) is 7.61. The molecule has 0 amide bonds. The van der Waals surface area contributed by atoms with E-state index < -0.39 is 6.29 Å². The van der Waals surface area contributed by atoms with Crippen LogP contribution in [0, 0.1) is 0 Å². The Morgan fingerprint density at radius 2 is 1.33 bits per heavy atom. The molecule has 4 nitrogen and oxygen atoms in total. The van der Waals surface area contributed by atoms with Gasteiger partial charge in [-0.25, -0.2) is 0 Å². The molecule has 0 atom stereocenters. The zero-order valence-electron chi connectivity index (χ0n) is 19.0. The Morgan fingerprint density at radius 3 is 1.91 bits per heavy atom. The molecule has 1 heterocycles. The van der Waals surface area contributed by atoms with E-state index in [9.17, 15) is 4.79 Å². The summed E-state index contributed by atoms with van der Waals surface area (Å²) < 4.78 is 18.4. The Morgan fingerprint density at radius 1 is 0.788 bits per heavy atom. The maximum absolute atomic E-state index is 13.9. The molecular weight excluding hydrogens is 412 g/mol.